The van der Waals surface area contributed by atoms with E-state index in [-0.39, 0.29) is 26.1 Å². The maximum atomic E-state index is 11.5. The van der Waals surface area contributed by atoms with Crippen LogP contribution in [-0.2, 0) is 31.8 Å². The number of benzene rings is 2. The van der Waals surface area contributed by atoms with Gasteiger partial charge in [0.05, 0.1) is 6.61 Å². The molecule has 0 aliphatic carbocycles. The van der Waals surface area contributed by atoms with Crippen LogP contribution in [0.3, 0.4) is 0 Å². The molecule has 1 N–H and O–H groups in total. The second-order valence-electron chi connectivity index (χ2n) is 6.50. The summed E-state index contributed by atoms with van der Waals surface area (Å²) in [5.41, 5.74) is 4.11. The number of hydrogen-bond donors (Lipinski definition) is 1. The van der Waals surface area contributed by atoms with Crippen LogP contribution >= 0.6 is 0 Å². The fraction of sp³-hybridized carbons (Fsp3) is 0.435. The summed E-state index contributed by atoms with van der Waals surface area (Å²) < 4.78 is 27.6. The number of methoxy groups -OCH3 is 2. The summed E-state index contributed by atoms with van der Waals surface area (Å²) in [5.74, 6) is 1.20. The van der Waals surface area contributed by atoms with Gasteiger partial charge in [-0.15, -0.1) is 0 Å². The molecular formula is C23H31NO6. The average molecular weight is 418 g/mol. The highest BCUT2D eigenvalue weighted by Crippen LogP contribution is 2.41. The Kier molecular flexibility index (Phi) is 10.1. The molecule has 164 valence electrons. The second-order valence-corrected chi connectivity index (χ2v) is 6.50. The summed E-state index contributed by atoms with van der Waals surface area (Å²) in [6, 6.07) is 11.9. The molecule has 0 atom stereocenters. The van der Waals surface area contributed by atoms with Gasteiger partial charge in [0.2, 0.25) is 5.91 Å². The van der Waals surface area contributed by atoms with Crippen molar-refractivity contribution in [3.05, 3.63) is 47.5 Å². The van der Waals surface area contributed by atoms with Gasteiger partial charge >= 0.3 is 0 Å². The van der Waals surface area contributed by atoms with E-state index in [9.17, 15) is 4.79 Å². The molecule has 0 fully saturated rings. The lowest BCUT2D eigenvalue weighted by molar-refractivity contribution is -0.125. The van der Waals surface area contributed by atoms with Gasteiger partial charge in [0, 0.05) is 32.9 Å². The van der Waals surface area contributed by atoms with E-state index in [4.69, 9.17) is 23.7 Å². The predicted octanol–water partition coefficient (Wildman–Crippen LogP) is 3.19. The smallest absolute Gasteiger partial charge is 0.245 e. The molecule has 7 heteroatoms. The van der Waals surface area contributed by atoms with Crippen molar-refractivity contribution >= 4 is 5.91 Å². The van der Waals surface area contributed by atoms with E-state index in [0.717, 1.165) is 28.7 Å². The minimum atomic E-state index is -0.157. The molecule has 7 nitrogen and oxygen atoms in total. The van der Waals surface area contributed by atoms with Gasteiger partial charge in [-0.1, -0.05) is 37.3 Å². The van der Waals surface area contributed by atoms with Crippen molar-refractivity contribution in [3.63, 3.8) is 0 Å². The zero-order valence-electron chi connectivity index (χ0n) is 18.2. The lowest BCUT2D eigenvalue weighted by atomic mass is 9.90. The van der Waals surface area contributed by atoms with Crippen molar-refractivity contribution in [1.82, 2.24) is 5.32 Å². The van der Waals surface area contributed by atoms with Gasteiger partial charge in [-0.3, -0.25) is 4.79 Å². The Labute approximate surface area is 178 Å². The van der Waals surface area contributed by atoms with Crippen molar-refractivity contribution in [1.29, 1.82) is 0 Å². The number of carbonyl (C=O) groups is 1. The summed E-state index contributed by atoms with van der Waals surface area (Å²) in [6.07, 6.45) is 1.35. The lowest BCUT2D eigenvalue weighted by Crippen LogP contribution is -2.23. The number of hydrogen-bond acceptors (Lipinski definition) is 6. The van der Waals surface area contributed by atoms with Gasteiger partial charge in [0.25, 0.3) is 0 Å². The van der Waals surface area contributed by atoms with Crippen molar-refractivity contribution < 1.29 is 28.5 Å². The first kappa shape index (κ1) is 23.7. The van der Waals surface area contributed by atoms with Crippen molar-refractivity contribution in [2.45, 2.75) is 19.8 Å². The van der Waals surface area contributed by atoms with Crippen molar-refractivity contribution in [2.24, 2.45) is 0 Å². The largest absolute Gasteiger partial charge is 0.467 e. The standard InChI is InChI=1S/C23H31NO6/c1-5-18-19(11-12-28-14-22(25)24-2)23(17-9-7-6-8-10-17)21(30-16-27-4)13-20(18)29-15-26-3/h6-10,13H,5,11-12,14-16H2,1-4H3,(H,24,25). The van der Waals surface area contributed by atoms with Gasteiger partial charge in [-0.2, -0.15) is 0 Å². The van der Waals surface area contributed by atoms with E-state index in [1.165, 1.54) is 0 Å². The molecule has 30 heavy (non-hydrogen) atoms. The molecule has 2 rings (SSSR count). The van der Waals surface area contributed by atoms with E-state index in [0.29, 0.717) is 24.5 Å². The fourth-order valence-corrected chi connectivity index (χ4v) is 3.21. The molecule has 0 bridgehead atoms. The number of likely N-dealkylation sites (N-methyl/N-ethyl adjacent to an activating group) is 1. The van der Waals surface area contributed by atoms with Crippen LogP contribution in [0.2, 0.25) is 0 Å². The fourth-order valence-electron chi connectivity index (χ4n) is 3.21. The number of amides is 1. The molecule has 0 radical (unpaired) electrons. The van der Waals surface area contributed by atoms with E-state index in [1.807, 2.05) is 36.4 Å². The third kappa shape index (κ3) is 6.45. The molecule has 0 unspecified atom stereocenters. The summed E-state index contributed by atoms with van der Waals surface area (Å²) in [6.45, 7) is 2.73. The monoisotopic (exact) mass is 417 g/mol. The average Bonchev–Trinajstić information content (AvgIpc) is 2.78. The van der Waals surface area contributed by atoms with Gasteiger partial charge in [0.15, 0.2) is 13.6 Å². The molecule has 0 saturated heterocycles. The SMILES string of the molecule is CCc1c(OCOC)cc(OCOC)c(-c2ccccc2)c1CCOCC(=O)NC. The number of carbonyl (C=O) groups excluding carboxylic acids is 1. The highest BCUT2D eigenvalue weighted by atomic mass is 16.7. The van der Waals surface area contributed by atoms with Crippen molar-refractivity contribution in [2.75, 3.05) is 48.1 Å². The maximum Gasteiger partial charge on any atom is 0.245 e. The van der Waals surface area contributed by atoms with E-state index in [2.05, 4.69) is 12.2 Å². The molecule has 0 aromatic heterocycles. The molecule has 0 spiro atoms. The zero-order chi connectivity index (χ0) is 21.8. The van der Waals surface area contributed by atoms with Gasteiger partial charge in [-0.25, -0.2) is 0 Å². The lowest BCUT2D eigenvalue weighted by Gasteiger charge is -2.22. The summed E-state index contributed by atoms with van der Waals surface area (Å²) in [7, 11) is 4.75. The highest BCUT2D eigenvalue weighted by molar-refractivity contribution is 5.78. The van der Waals surface area contributed by atoms with Crippen LogP contribution in [0.5, 0.6) is 11.5 Å². The number of rotatable bonds is 13. The zero-order valence-corrected chi connectivity index (χ0v) is 18.2. The number of ether oxygens (including phenoxy) is 5. The molecule has 0 aliphatic rings. The first-order chi connectivity index (χ1) is 14.7. The Morgan fingerprint density at radius 3 is 2.23 bits per heavy atom. The molecular weight excluding hydrogens is 386 g/mol. The first-order valence-corrected chi connectivity index (χ1v) is 9.92. The van der Waals surface area contributed by atoms with E-state index >= 15 is 0 Å². The van der Waals surface area contributed by atoms with Gasteiger partial charge in [0.1, 0.15) is 18.1 Å². The summed E-state index contributed by atoms with van der Waals surface area (Å²) in [4.78, 5) is 11.5. The molecule has 0 aliphatic heterocycles. The van der Waals surface area contributed by atoms with E-state index in [1.54, 1.807) is 21.3 Å². The molecule has 2 aromatic rings. The van der Waals surface area contributed by atoms with Crippen LogP contribution in [0.4, 0.5) is 0 Å². The van der Waals surface area contributed by atoms with Crippen LogP contribution in [0, 0.1) is 0 Å². The Bertz CT molecular complexity index is 794. The Hall–Kier alpha value is -2.61. The minimum absolute atomic E-state index is 0.0194. The van der Waals surface area contributed by atoms with Gasteiger partial charge in [-0.05, 0) is 29.5 Å². The Morgan fingerprint density at radius 2 is 1.63 bits per heavy atom. The van der Waals surface area contributed by atoms with Crippen LogP contribution in [0.1, 0.15) is 18.1 Å². The number of nitrogens with one attached hydrogen (secondary N) is 1. The van der Waals surface area contributed by atoms with Crippen molar-refractivity contribution in [3.8, 4) is 22.6 Å². The van der Waals surface area contributed by atoms with Gasteiger partial charge < -0.3 is 29.0 Å². The van der Waals surface area contributed by atoms with Crippen LogP contribution in [0.15, 0.2) is 36.4 Å². The van der Waals surface area contributed by atoms with Crippen LogP contribution in [0.25, 0.3) is 11.1 Å². The molecule has 1 amide bonds. The van der Waals surface area contributed by atoms with Crippen LogP contribution in [-0.4, -0.2) is 54.0 Å². The maximum absolute atomic E-state index is 11.5. The molecule has 0 heterocycles. The third-order valence-electron chi connectivity index (χ3n) is 4.56. The Morgan fingerprint density at radius 1 is 0.967 bits per heavy atom. The normalized spacial score (nSPS) is 10.7. The Balaban J connectivity index is 2.51. The molecule has 0 saturated carbocycles. The minimum Gasteiger partial charge on any atom is -0.467 e. The first-order valence-electron chi connectivity index (χ1n) is 9.92. The van der Waals surface area contributed by atoms with Crippen LogP contribution < -0.4 is 14.8 Å². The summed E-state index contributed by atoms with van der Waals surface area (Å²) in [5, 5.41) is 2.56. The highest BCUT2D eigenvalue weighted by Gasteiger charge is 2.21. The summed E-state index contributed by atoms with van der Waals surface area (Å²) >= 11 is 0. The quantitative estimate of drug-likeness (QED) is 0.399. The topological polar surface area (TPSA) is 75.2 Å². The predicted molar refractivity (Wildman–Crippen MR) is 115 cm³/mol. The third-order valence-corrected chi connectivity index (χ3v) is 4.56. The molecule has 2 aromatic carbocycles. The second kappa shape index (κ2) is 12.8. The van der Waals surface area contributed by atoms with E-state index < -0.39 is 0 Å².